The number of carbonyl (C=O) groups is 1. The molecule has 108 valence electrons. The molecule has 19 heavy (non-hydrogen) atoms. The second-order valence-corrected chi connectivity index (χ2v) is 7.67. The Bertz CT molecular complexity index is 502. The number of Topliss-reactive ketones (excluding diaryl/α,β-unsaturated/α-hetero) is 1. The molecule has 1 heterocycles. The van der Waals surface area contributed by atoms with Crippen LogP contribution in [0.4, 0.5) is 0 Å². The van der Waals surface area contributed by atoms with E-state index in [9.17, 15) is 9.36 Å². The molecule has 1 aromatic rings. The summed E-state index contributed by atoms with van der Waals surface area (Å²) in [6, 6.07) is 1.62. The number of ketones is 1. The number of rotatable bonds is 5. The van der Waals surface area contributed by atoms with Crippen LogP contribution >= 0.6 is 7.60 Å². The van der Waals surface area contributed by atoms with E-state index in [4.69, 9.17) is 13.5 Å². The van der Waals surface area contributed by atoms with E-state index in [0.717, 1.165) is 0 Å². The predicted molar refractivity (Wildman–Crippen MR) is 72.7 cm³/mol. The molecule has 0 spiro atoms. The molecule has 0 aromatic carbocycles. The molecule has 0 fully saturated rings. The zero-order chi connectivity index (χ0) is 14.8. The summed E-state index contributed by atoms with van der Waals surface area (Å²) in [4.78, 5) is 11.4. The summed E-state index contributed by atoms with van der Waals surface area (Å²) in [6.07, 6.45) is 0.0867. The fraction of sp³-hybridized carbons (Fsp3) is 0.615. The van der Waals surface area contributed by atoms with Gasteiger partial charge in [0.15, 0.2) is 11.5 Å². The van der Waals surface area contributed by atoms with E-state index in [1.54, 1.807) is 6.07 Å². The van der Waals surface area contributed by atoms with Gasteiger partial charge < -0.3 is 13.5 Å². The molecule has 0 unspecified atom stereocenters. The third-order valence-corrected chi connectivity index (χ3v) is 4.60. The topological polar surface area (TPSA) is 65.7 Å². The van der Waals surface area contributed by atoms with Crippen molar-refractivity contribution >= 4 is 13.4 Å². The van der Waals surface area contributed by atoms with Crippen LogP contribution < -0.4 is 0 Å². The molecule has 0 aliphatic heterocycles. The molecular weight excluding hydrogens is 267 g/mol. The summed E-state index contributed by atoms with van der Waals surface area (Å²) in [5.41, 5.74) is 0.389. The van der Waals surface area contributed by atoms with Crippen LogP contribution in [0.15, 0.2) is 10.5 Å². The molecule has 6 heteroatoms. The number of hydrogen-bond donors (Lipinski definition) is 0. The predicted octanol–water partition coefficient (Wildman–Crippen LogP) is 3.77. The first-order chi connectivity index (χ1) is 8.63. The molecule has 0 bridgehead atoms. The van der Waals surface area contributed by atoms with Crippen LogP contribution in [0, 0.1) is 0 Å². The van der Waals surface area contributed by atoms with E-state index in [1.165, 1.54) is 21.1 Å². The normalized spacial score (nSPS) is 12.7. The number of hydrogen-bond acceptors (Lipinski definition) is 5. The van der Waals surface area contributed by atoms with Gasteiger partial charge in [0, 0.05) is 32.1 Å². The molecule has 0 aliphatic carbocycles. The van der Waals surface area contributed by atoms with Gasteiger partial charge in [0.05, 0.1) is 6.16 Å². The smallest absolute Gasteiger partial charge is 0.334 e. The van der Waals surface area contributed by atoms with Crippen molar-refractivity contribution in [2.24, 2.45) is 0 Å². The van der Waals surface area contributed by atoms with Crippen molar-refractivity contribution in [3.05, 3.63) is 23.2 Å². The fourth-order valence-corrected chi connectivity index (χ4v) is 2.83. The average molecular weight is 288 g/mol. The van der Waals surface area contributed by atoms with Crippen LogP contribution in [-0.2, 0) is 25.2 Å². The Morgan fingerprint density at radius 3 is 2.21 bits per heavy atom. The summed E-state index contributed by atoms with van der Waals surface area (Å²) in [7, 11) is -0.507. The Labute approximate surface area is 113 Å². The lowest BCUT2D eigenvalue weighted by Crippen LogP contribution is -2.12. The van der Waals surface area contributed by atoms with Gasteiger partial charge in [-0.1, -0.05) is 20.8 Å². The first kappa shape index (κ1) is 16.2. The van der Waals surface area contributed by atoms with Crippen molar-refractivity contribution in [3.8, 4) is 0 Å². The molecule has 0 N–H and O–H groups in total. The minimum Gasteiger partial charge on any atom is -0.457 e. The van der Waals surface area contributed by atoms with Crippen molar-refractivity contribution in [2.45, 2.75) is 39.3 Å². The van der Waals surface area contributed by atoms with Gasteiger partial charge >= 0.3 is 7.60 Å². The molecule has 0 saturated carbocycles. The Morgan fingerprint density at radius 2 is 1.84 bits per heavy atom. The molecular formula is C13H21O5P. The third-order valence-electron chi connectivity index (χ3n) is 2.76. The minimum atomic E-state index is -3.19. The summed E-state index contributed by atoms with van der Waals surface area (Å²) in [5.74, 6) is 0.729. The van der Waals surface area contributed by atoms with Crippen molar-refractivity contribution in [2.75, 3.05) is 14.2 Å². The highest BCUT2D eigenvalue weighted by molar-refractivity contribution is 7.52. The lowest BCUT2D eigenvalue weighted by molar-refractivity contribution is 0.0984. The van der Waals surface area contributed by atoms with Gasteiger partial charge in [-0.25, -0.2) is 0 Å². The average Bonchev–Trinajstić information content (AvgIpc) is 2.72. The largest absolute Gasteiger partial charge is 0.457 e. The maximum atomic E-state index is 12.2. The first-order valence-electron chi connectivity index (χ1n) is 5.97. The Balaban J connectivity index is 3.26. The Hall–Kier alpha value is -0.900. The maximum Gasteiger partial charge on any atom is 0.334 e. The molecule has 1 rings (SSSR count). The Kier molecular flexibility index (Phi) is 4.77. The van der Waals surface area contributed by atoms with Crippen LogP contribution in [0.25, 0.3) is 0 Å². The van der Waals surface area contributed by atoms with E-state index >= 15 is 0 Å². The molecule has 0 radical (unpaired) electrons. The summed E-state index contributed by atoms with van der Waals surface area (Å²) >= 11 is 0. The zero-order valence-electron chi connectivity index (χ0n) is 12.3. The first-order valence-corrected chi connectivity index (χ1v) is 7.70. The molecule has 0 saturated heterocycles. The second kappa shape index (κ2) is 5.61. The van der Waals surface area contributed by atoms with Gasteiger partial charge in [-0.15, -0.1) is 0 Å². The monoisotopic (exact) mass is 288 g/mol. The summed E-state index contributed by atoms with van der Waals surface area (Å²) < 4.78 is 27.7. The lowest BCUT2D eigenvalue weighted by atomic mass is 9.91. The summed E-state index contributed by atoms with van der Waals surface area (Å²) in [6.45, 7) is 7.32. The van der Waals surface area contributed by atoms with E-state index < -0.39 is 7.60 Å². The number of furan rings is 1. The van der Waals surface area contributed by atoms with E-state index in [1.807, 2.05) is 20.8 Å². The minimum absolute atomic E-state index is 0.0867. The van der Waals surface area contributed by atoms with E-state index in [-0.39, 0.29) is 23.1 Å². The molecule has 0 amide bonds. The standard InChI is InChI=1S/C13H21O5P/c1-9(14)11-7-10(8-19(15,16-5)17-6)12(18-11)13(2,3)4/h7H,8H2,1-6H3. The molecule has 1 aromatic heterocycles. The SMILES string of the molecule is COP(=O)(Cc1cc(C(C)=O)oc1C(C)(C)C)OC. The van der Waals surface area contributed by atoms with E-state index in [0.29, 0.717) is 11.3 Å². The van der Waals surface area contributed by atoms with Crippen LogP contribution in [0.3, 0.4) is 0 Å². The van der Waals surface area contributed by atoms with Gasteiger partial charge in [0.1, 0.15) is 5.76 Å². The zero-order valence-corrected chi connectivity index (χ0v) is 13.2. The van der Waals surface area contributed by atoms with Gasteiger partial charge in [0.2, 0.25) is 0 Å². The Morgan fingerprint density at radius 1 is 1.32 bits per heavy atom. The second-order valence-electron chi connectivity index (χ2n) is 5.41. The maximum absolute atomic E-state index is 12.2. The van der Waals surface area contributed by atoms with Crippen LogP contribution in [0.5, 0.6) is 0 Å². The lowest BCUT2D eigenvalue weighted by Gasteiger charge is -2.19. The quantitative estimate of drug-likeness (QED) is 0.609. The van der Waals surface area contributed by atoms with Crippen molar-refractivity contribution in [1.82, 2.24) is 0 Å². The summed E-state index contributed by atoms with van der Waals surface area (Å²) in [5, 5.41) is 0. The molecule has 0 aliphatic rings. The van der Waals surface area contributed by atoms with Crippen molar-refractivity contribution in [3.63, 3.8) is 0 Å². The van der Waals surface area contributed by atoms with Crippen LogP contribution in [0.2, 0.25) is 0 Å². The van der Waals surface area contributed by atoms with E-state index in [2.05, 4.69) is 0 Å². The van der Waals surface area contributed by atoms with Gasteiger partial charge in [-0.3, -0.25) is 9.36 Å². The number of carbonyl (C=O) groups excluding carboxylic acids is 1. The van der Waals surface area contributed by atoms with Gasteiger partial charge in [-0.05, 0) is 6.07 Å². The van der Waals surface area contributed by atoms with Crippen molar-refractivity contribution < 1.29 is 22.8 Å². The highest BCUT2D eigenvalue weighted by Crippen LogP contribution is 2.51. The molecule has 0 atom stereocenters. The third kappa shape index (κ3) is 3.78. The van der Waals surface area contributed by atoms with Gasteiger partial charge in [-0.2, -0.15) is 0 Å². The highest BCUT2D eigenvalue weighted by atomic mass is 31.2. The highest BCUT2D eigenvalue weighted by Gasteiger charge is 2.30. The van der Waals surface area contributed by atoms with Crippen LogP contribution in [0.1, 0.15) is 49.6 Å². The molecule has 5 nitrogen and oxygen atoms in total. The van der Waals surface area contributed by atoms with Crippen molar-refractivity contribution in [1.29, 1.82) is 0 Å². The fourth-order valence-electron chi connectivity index (χ4n) is 1.77. The van der Waals surface area contributed by atoms with Crippen LogP contribution in [-0.4, -0.2) is 20.0 Å². The van der Waals surface area contributed by atoms with Gasteiger partial charge in [0.25, 0.3) is 0 Å².